The maximum Gasteiger partial charge on any atom is 0.148 e. The number of hydrogen-bond acceptors (Lipinski definition) is 4. The Balaban J connectivity index is 2.73. The Morgan fingerprint density at radius 1 is 1.10 bits per heavy atom. The number of nitriles is 2. The van der Waals surface area contributed by atoms with Crippen LogP contribution in [0.3, 0.4) is 0 Å². The van der Waals surface area contributed by atoms with Crippen LogP contribution in [-0.2, 0) is 0 Å². The minimum atomic E-state index is 0.0545. The topological polar surface area (TPSA) is 69.7 Å². The van der Waals surface area contributed by atoms with Gasteiger partial charge in [-0.1, -0.05) is 23.7 Å². The van der Waals surface area contributed by atoms with Crippen LogP contribution in [0.4, 0.5) is 0 Å². The number of pyridine rings is 1. The van der Waals surface area contributed by atoms with Gasteiger partial charge < -0.3 is 4.74 Å². The third kappa shape index (κ3) is 2.30. The van der Waals surface area contributed by atoms with Gasteiger partial charge in [0.15, 0.2) is 0 Å². The molecule has 0 aliphatic carbocycles. The molecule has 1 heterocycles. The van der Waals surface area contributed by atoms with Gasteiger partial charge in [0, 0.05) is 11.3 Å². The summed E-state index contributed by atoms with van der Waals surface area (Å²) < 4.78 is 5.10. The van der Waals surface area contributed by atoms with Crippen molar-refractivity contribution in [2.24, 2.45) is 0 Å². The molecule has 0 aliphatic rings. The molecule has 0 amide bonds. The molecule has 5 heteroatoms. The molecule has 98 valence electrons. The quantitative estimate of drug-likeness (QED) is 0.791. The number of rotatable bonds is 2. The normalized spacial score (nSPS) is 9.65. The van der Waals surface area contributed by atoms with Gasteiger partial charge in [-0.2, -0.15) is 10.5 Å². The van der Waals surface area contributed by atoms with E-state index >= 15 is 0 Å². The van der Waals surface area contributed by atoms with Crippen molar-refractivity contribution in [1.82, 2.24) is 4.98 Å². The van der Waals surface area contributed by atoms with Crippen molar-refractivity contribution in [2.75, 3.05) is 7.11 Å². The zero-order valence-electron chi connectivity index (χ0n) is 10.9. The predicted molar refractivity (Wildman–Crippen MR) is 75.4 cm³/mol. The van der Waals surface area contributed by atoms with E-state index < -0.39 is 0 Å². The number of aryl methyl sites for hydroxylation is 1. The van der Waals surface area contributed by atoms with E-state index in [1.165, 1.54) is 0 Å². The summed E-state index contributed by atoms with van der Waals surface area (Å²) in [6.45, 7) is 1.76. The maximum absolute atomic E-state index is 9.33. The first kappa shape index (κ1) is 13.9. The fraction of sp³-hybridized carbons (Fsp3) is 0.133. The lowest BCUT2D eigenvalue weighted by Gasteiger charge is -2.11. The first-order valence-corrected chi connectivity index (χ1v) is 6.15. The molecule has 0 radical (unpaired) electrons. The van der Waals surface area contributed by atoms with Crippen LogP contribution in [0, 0.1) is 29.6 Å². The molecule has 0 N–H and O–H groups in total. The molecule has 2 rings (SSSR count). The summed E-state index contributed by atoms with van der Waals surface area (Å²) in [7, 11) is 1.58. The Morgan fingerprint density at radius 3 is 2.20 bits per heavy atom. The molecule has 20 heavy (non-hydrogen) atoms. The summed E-state index contributed by atoms with van der Waals surface area (Å²) in [6, 6.07) is 11.2. The summed E-state index contributed by atoms with van der Waals surface area (Å²) in [6.07, 6.45) is 0. The largest absolute Gasteiger partial charge is 0.497 e. The molecule has 0 saturated carbocycles. The Labute approximate surface area is 121 Å². The number of benzene rings is 1. The van der Waals surface area contributed by atoms with E-state index in [1.54, 1.807) is 26.2 Å². The zero-order valence-corrected chi connectivity index (χ0v) is 11.7. The Hall–Kier alpha value is -2.56. The molecule has 0 atom stereocenters. The van der Waals surface area contributed by atoms with Crippen molar-refractivity contribution in [3.63, 3.8) is 0 Å². The van der Waals surface area contributed by atoms with Crippen LogP contribution in [-0.4, -0.2) is 12.1 Å². The Kier molecular flexibility index (Phi) is 3.89. The van der Waals surface area contributed by atoms with Gasteiger partial charge in [-0.3, -0.25) is 0 Å². The molecule has 0 saturated heterocycles. The first-order chi connectivity index (χ1) is 9.62. The average Bonchev–Trinajstić information content (AvgIpc) is 2.46. The van der Waals surface area contributed by atoms with Crippen LogP contribution in [0.5, 0.6) is 5.75 Å². The van der Waals surface area contributed by atoms with E-state index in [9.17, 15) is 5.26 Å². The second-order valence-electron chi connectivity index (χ2n) is 4.07. The molecule has 0 unspecified atom stereocenters. The predicted octanol–water partition coefficient (Wildman–Crippen LogP) is 3.46. The number of aromatic nitrogens is 1. The maximum atomic E-state index is 9.33. The number of nitrogens with zero attached hydrogens (tertiary/aromatic N) is 3. The second-order valence-corrected chi connectivity index (χ2v) is 4.42. The monoisotopic (exact) mass is 283 g/mol. The minimum absolute atomic E-state index is 0.0545. The van der Waals surface area contributed by atoms with E-state index in [4.69, 9.17) is 21.6 Å². The third-order valence-corrected chi connectivity index (χ3v) is 3.21. The lowest BCUT2D eigenvalue weighted by Crippen LogP contribution is -1.98. The van der Waals surface area contributed by atoms with E-state index in [0.717, 1.165) is 5.56 Å². The Bertz CT molecular complexity index is 740. The molecule has 0 fully saturated rings. The lowest BCUT2D eigenvalue weighted by molar-refractivity contribution is 0.415. The molecule has 1 aromatic carbocycles. The number of ether oxygens (including phenoxy) is 1. The molecular formula is C15H10ClN3O. The SMILES string of the molecule is COc1ccc(-c2c(C)nc(Cl)c(C#N)c2C#N)cc1. The molecule has 1 aromatic heterocycles. The Morgan fingerprint density at radius 2 is 1.70 bits per heavy atom. The summed E-state index contributed by atoms with van der Waals surface area (Å²) in [5.74, 6) is 0.715. The van der Waals surface area contributed by atoms with Gasteiger partial charge in [-0.25, -0.2) is 4.98 Å². The van der Waals surface area contributed by atoms with E-state index in [0.29, 0.717) is 17.0 Å². The summed E-state index contributed by atoms with van der Waals surface area (Å²) in [5, 5.41) is 18.5. The second kappa shape index (κ2) is 5.61. The van der Waals surface area contributed by atoms with E-state index in [-0.39, 0.29) is 16.3 Å². The van der Waals surface area contributed by atoms with E-state index in [2.05, 4.69) is 4.98 Å². The van der Waals surface area contributed by atoms with Crippen molar-refractivity contribution < 1.29 is 4.74 Å². The number of hydrogen-bond donors (Lipinski definition) is 0. The molecule has 4 nitrogen and oxygen atoms in total. The van der Waals surface area contributed by atoms with Crippen molar-refractivity contribution in [1.29, 1.82) is 10.5 Å². The van der Waals surface area contributed by atoms with Crippen LogP contribution >= 0.6 is 11.6 Å². The molecule has 0 aliphatic heterocycles. The van der Waals surface area contributed by atoms with Crippen molar-refractivity contribution in [3.05, 3.63) is 46.2 Å². The molecule has 2 aromatic rings. The van der Waals surface area contributed by atoms with Crippen LogP contribution in [0.25, 0.3) is 11.1 Å². The fourth-order valence-electron chi connectivity index (χ4n) is 1.99. The van der Waals surface area contributed by atoms with Gasteiger partial charge in [0.05, 0.1) is 12.7 Å². The van der Waals surface area contributed by atoms with Crippen molar-refractivity contribution >= 4 is 11.6 Å². The summed E-state index contributed by atoms with van der Waals surface area (Å²) >= 11 is 5.92. The molecule has 0 bridgehead atoms. The summed E-state index contributed by atoms with van der Waals surface area (Å²) in [5.41, 5.74) is 2.37. The first-order valence-electron chi connectivity index (χ1n) is 5.77. The average molecular weight is 284 g/mol. The van der Waals surface area contributed by atoms with Gasteiger partial charge in [-0.05, 0) is 24.6 Å². The van der Waals surface area contributed by atoms with E-state index in [1.807, 2.05) is 24.3 Å². The highest BCUT2D eigenvalue weighted by atomic mass is 35.5. The van der Waals surface area contributed by atoms with Gasteiger partial charge in [0.25, 0.3) is 0 Å². The highest BCUT2D eigenvalue weighted by molar-refractivity contribution is 6.30. The number of halogens is 1. The highest BCUT2D eigenvalue weighted by Crippen LogP contribution is 2.32. The zero-order chi connectivity index (χ0) is 14.7. The van der Waals surface area contributed by atoms with Gasteiger partial charge in [0.2, 0.25) is 0 Å². The lowest BCUT2D eigenvalue weighted by atomic mass is 9.96. The number of methoxy groups -OCH3 is 1. The third-order valence-electron chi connectivity index (χ3n) is 2.94. The van der Waals surface area contributed by atoms with Crippen LogP contribution in [0.1, 0.15) is 16.8 Å². The molecular weight excluding hydrogens is 274 g/mol. The van der Waals surface area contributed by atoms with Crippen LogP contribution < -0.4 is 4.74 Å². The van der Waals surface area contributed by atoms with Crippen molar-refractivity contribution in [3.8, 4) is 29.0 Å². The van der Waals surface area contributed by atoms with Crippen LogP contribution in [0.15, 0.2) is 24.3 Å². The summed E-state index contributed by atoms with van der Waals surface area (Å²) in [4.78, 5) is 4.13. The van der Waals surface area contributed by atoms with Crippen LogP contribution in [0.2, 0.25) is 5.15 Å². The smallest absolute Gasteiger partial charge is 0.148 e. The van der Waals surface area contributed by atoms with Gasteiger partial charge >= 0.3 is 0 Å². The molecule has 0 spiro atoms. The van der Waals surface area contributed by atoms with Crippen molar-refractivity contribution in [2.45, 2.75) is 6.92 Å². The fourth-order valence-corrected chi connectivity index (χ4v) is 2.26. The van der Waals surface area contributed by atoms with Gasteiger partial charge in [0.1, 0.15) is 28.6 Å². The minimum Gasteiger partial charge on any atom is -0.497 e. The highest BCUT2D eigenvalue weighted by Gasteiger charge is 2.18. The standard InChI is InChI=1S/C15H10ClN3O/c1-9-14(10-3-5-11(20-2)6-4-10)12(7-17)13(8-18)15(16)19-9/h3-6H,1-2H3. The van der Waals surface area contributed by atoms with Gasteiger partial charge in [-0.15, -0.1) is 0 Å².